The number of hydrazine groups is 1. The number of imide groups is 1. The predicted molar refractivity (Wildman–Crippen MR) is 163 cm³/mol. The Hall–Kier alpha value is -4.48. The van der Waals surface area contributed by atoms with Crippen LogP contribution in [0.4, 0.5) is 19.0 Å². The number of ether oxygens (including phenoxy) is 2. The van der Waals surface area contributed by atoms with Gasteiger partial charge in [-0.2, -0.15) is 18.2 Å². The molecular formula is C32H26Cl2F3N3O5. The molecule has 0 spiro atoms. The highest BCUT2D eigenvalue weighted by Gasteiger charge is 2.65. The lowest BCUT2D eigenvalue weighted by molar-refractivity contribution is -0.139. The molecule has 13 heteroatoms. The van der Waals surface area contributed by atoms with E-state index in [2.05, 4.69) is 17.0 Å². The molecule has 2 heterocycles. The molecule has 5 rings (SSSR count). The number of pyridine rings is 1. The second kappa shape index (κ2) is 12.1. The van der Waals surface area contributed by atoms with Crippen LogP contribution in [0.15, 0.2) is 79.0 Å². The third-order valence-corrected chi connectivity index (χ3v) is 8.53. The molecule has 1 fully saturated rings. The number of halogens is 5. The zero-order chi connectivity index (χ0) is 32.7. The molecule has 8 nitrogen and oxygen atoms in total. The van der Waals surface area contributed by atoms with Crippen LogP contribution in [0.3, 0.4) is 0 Å². The number of rotatable bonds is 8. The number of alkyl halides is 3. The lowest BCUT2D eigenvalue weighted by atomic mass is 9.57. The minimum absolute atomic E-state index is 0.158. The summed E-state index contributed by atoms with van der Waals surface area (Å²) < 4.78 is 50.2. The standard InChI is InChI=1S/C32H26Cl2F3N3O5/c1-4-18-6-12-23-29(42)40(39-28-24(34)15-20(16-38-28)32(35,36)37)30(43)31(23,19-7-9-21(33)10-8-19)22(18)11-5-17-13-25(44-2)27(41)26(14-17)45-3/h4-11,13-16,22-23,41H,1,12H2,2-3H3,(H,38,39). The van der Waals surface area contributed by atoms with Crippen molar-refractivity contribution in [2.24, 2.45) is 11.8 Å². The normalized spacial score (nSPS) is 21.5. The van der Waals surface area contributed by atoms with Gasteiger partial charge in [-0.3, -0.25) is 15.0 Å². The Morgan fingerprint density at radius 3 is 2.31 bits per heavy atom. The second-order valence-corrected chi connectivity index (χ2v) is 11.2. The van der Waals surface area contributed by atoms with E-state index in [1.165, 1.54) is 14.2 Å². The maximum Gasteiger partial charge on any atom is 0.417 e. The molecule has 45 heavy (non-hydrogen) atoms. The smallest absolute Gasteiger partial charge is 0.417 e. The summed E-state index contributed by atoms with van der Waals surface area (Å²) in [6, 6.07) is 10.3. The second-order valence-electron chi connectivity index (χ2n) is 10.3. The lowest BCUT2D eigenvalue weighted by Gasteiger charge is -2.41. The van der Waals surface area contributed by atoms with Gasteiger partial charge in [0.15, 0.2) is 17.3 Å². The number of amides is 2. The van der Waals surface area contributed by atoms with Gasteiger partial charge in [0.1, 0.15) is 0 Å². The Morgan fingerprint density at radius 2 is 1.76 bits per heavy atom. The van der Waals surface area contributed by atoms with Crippen LogP contribution < -0.4 is 14.9 Å². The minimum Gasteiger partial charge on any atom is -0.502 e. The van der Waals surface area contributed by atoms with Crippen molar-refractivity contribution >= 4 is 46.9 Å². The lowest BCUT2D eigenvalue weighted by Crippen LogP contribution is -2.49. The summed E-state index contributed by atoms with van der Waals surface area (Å²) in [5.41, 5.74) is 1.65. The minimum atomic E-state index is -4.69. The van der Waals surface area contributed by atoms with Crippen LogP contribution in [-0.2, 0) is 21.2 Å². The van der Waals surface area contributed by atoms with Crippen molar-refractivity contribution in [2.75, 3.05) is 19.6 Å². The predicted octanol–water partition coefficient (Wildman–Crippen LogP) is 7.23. The molecule has 0 radical (unpaired) electrons. The number of carbonyl (C=O) groups is 2. The van der Waals surface area contributed by atoms with Crippen LogP contribution in [-0.4, -0.2) is 41.1 Å². The summed E-state index contributed by atoms with van der Waals surface area (Å²) in [5, 5.41) is 11.1. The Kier molecular flexibility index (Phi) is 8.61. The van der Waals surface area contributed by atoms with Crippen molar-refractivity contribution in [2.45, 2.75) is 18.0 Å². The fourth-order valence-electron chi connectivity index (χ4n) is 5.87. The highest BCUT2D eigenvalue weighted by atomic mass is 35.5. The average molecular weight is 660 g/mol. The van der Waals surface area contributed by atoms with E-state index in [0.29, 0.717) is 34.0 Å². The molecule has 1 aromatic heterocycles. The number of phenolic OH excluding ortho intramolecular Hbond substituents is 1. The number of hydrogen-bond acceptors (Lipinski definition) is 7. The van der Waals surface area contributed by atoms with Crippen molar-refractivity contribution in [1.29, 1.82) is 0 Å². The molecule has 2 aromatic carbocycles. The topological polar surface area (TPSA) is 101 Å². The van der Waals surface area contributed by atoms with Crippen LogP contribution in [0.25, 0.3) is 6.08 Å². The van der Waals surface area contributed by atoms with Gasteiger partial charge >= 0.3 is 6.18 Å². The van der Waals surface area contributed by atoms with E-state index in [1.54, 1.807) is 54.6 Å². The van der Waals surface area contributed by atoms with Crippen molar-refractivity contribution in [3.8, 4) is 17.2 Å². The first-order chi connectivity index (χ1) is 21.4. The summed E-state index contributed by atoms with van der Waals surface area (Å²) >= 11 is 12.3. The highest BCUT2D eigenvalue weighted by molar-refractivity contribution is 6.33. The number of nitrogens with zero attached hydrogens (tertiary/aromatic N) is 2. The van der Waals surface area contributed by atoms with Crippen molar-refractivity contribution in [1.82, 2.24) is 9.99 Å². The highest BCUT2D eigenvalue weighted by Crippen LogP contribution is 2.54. The van der Waals surface area contributed by atoms with Crippen LogP contribution in [0.2, 0.25) is 10.0 Å². The van der Waals surface area contributed by atoms with Gasteiger partial charge in [0.05, 0.1) is 36.1 Å². The van der Waals surface area contributed by atoms with Gasteiger partial charge in [-0.15, -0.1) is 0 Å². The molecule has 3 atom stereocenters. The Balaban J connectivity index is 1.65. The third kappa shape index (κ3) is 5.51. The largest absolute Gasteiger partial charge is 0.502 e. The zero-order valence-electron chi connectivity index (χ0n) is 23.9. The van der Waals surface area contributed by atoms with Gasteiger partial charge in [-0.1, -0.05) is 66.2 Å². The molecule has 0 bridgehead atoms. The van der Waals surface area contributed by atoms with Crippen molar-refractivity contribution in [3.63, 3.8) is 0 Å². The summed E-state index contributed by atoms with van der Waals surface area (Å²) in [4.78, 5) is 32.4. The van der Waals surface area contributed by atoms with Gasteiger partial charge in [0, 0.05) is 17.1 Å². The number of benzene rings is 2. The molecular weight excluding hydrogens is 634 g/mol. The van der Waals surface area contributed by atoms with Gasteiger partial charge in [-0.25, -0.2) is 4.98 Å². The molecule has 1 aliphatic heterocycles. The van der Waals surface area contributed by atoms with Crippen molar-refractivity contribution in [3.05, 3.63) is 106 Å². The van der Waals surface area contributed by atoms with E-state index in [1.807, 2.05) is 6.08 Å². The number of phenols is 1. The number of allylic oxidation sites excluding steroid dienone is 4. The van der Waals surface area contributed by atoms with Crippen molar-refractivity contribution < 1.29 is 37.3 Å². The molecule has 0 saturated carbocycles. The zero-order valence-corrected chi connectivity index (χ0v) is 25.4. The first-order valence-corrected chi connectivity index (χ1v) is 14.2. The maximum absolute atomic E-state index is 14.6. The number of nitrogens with one attached hydrogen (secondary N) is 1. The van der Waals surface area contributed by atoms with E-state index in [4.69, 9.17) is 32.7 Å². The molecule has 3 aromatic rings. The Labute approximate surface area is 266 Å². The van der Waals surface area contributed by atoms with E-state index in [-0.39, 0.29) is 29.5 Å². The van der Waals surface area contributed by atoms with Gasteiger partial charge in [0.25, 0.3) is 11.8 Å². The number of aromatic hydroxyl groups is 1. The molecule has 2 aliphatic rings. The first kappa shape index (κ1) is 31.9. The number of methoxy groups -OCH3 is 2. The number of carbonyl (C=O) groups excluding carboxylic acids is 2. The first-order valence-electron chi connectivity index (χ1n) is 13.5. The molecule has 1 saturated heterocycles. The monoisotopic (exact) mass is 659 g/mol. The van der Waals surface area contributed by atoms with E-state index in [9.17, 15) is 27.9 Å². The summed E-state index contributed by atoms with van der Waals surface area (Å²) in [7, 11) is 2.79. The summed E-state index contributed by atoms with van der Waals surface area (Å²) in [6.07, 6.45) is 2.89. The molecule has 2 amide bonds. The Bertz CT molecular complexity index is 1720. The molecule has 3 unspecified atom stereocenters. The fourth-order valence-corrected chi connectivity index (χ4v) is 6.21. The van der Waals surface area contributed by atoms with E-state index >= 15 is 0 Å². The number of fused-ring (bicyclic) bond motifs is 1. The van der Waals surface area contributed by atoms with E-state index in [0.717, 1.165) is 5.01 Å². The average Bonchev–Trinajstić information content (AvgIpc) is 3.23. The third-order valence-electron chi connectivity index (χ3n) is 7.99. The number of aromatic nitrogens is 1. The van der Waals surface area contributed by atoms with Crippen LogP contribution >= 0.6 is 23.2 Å². The summed E-state index contributed by atoms with van der Waals surface area (Å²) in [6.45, 7) is 3.94. The van der Waals surface area contributed by atoms with Gasteiger partial charge in [0.2, 0.25) is 5.75 Å². The Morgan fingerprint density at radius 1 is 1.11 bits per heavy atom. The number of hydrogen-bond donors (Lipinski definition) is 2. The summed E-state index contributed by atoms with van der Waals surface area (Å²) in [5.74, 6) is -3.18. The molecule has 234 valence electrons. The van der Waals surface area contributed by atoms with Crippen LogP contribution in [0.1, 0.15) is 23.1 Å². The SMILES string of the molecule is C=CC1=CCC2C(=O)N(Nc3ncc(C(F)(F)F)cc3Cl)C(=O)C2(c2ccc(Cl)cc2)C1C=Cc1cc(OC)c(O)c(OC)c1. The fraction of sp³-hybridized carbons (Fsp3) is 0.219. The van der Waals surface area contributed by atoms with Gasteiger partial charge in [-0.05, 0) is 53.5 Å². The van der Waals surface area contributed by atoms with Gasteiger partial charge < -0.3 is 14.6 Å². The van der Waals surface area contributed by atoms with E-state index < -0.39 is 45.8 Å². The maximum atomic E-state index is 14.6. The van der Waals surface area contributed by atoms with Crippen LogP contribution in [0, 0.1) is 11.8 Å². The molecule has 2 N–H and O–H groups in total. The molecule has 1 aliphatic carbocycles. The quantitative estimate of drug-likeness (QED) is 0.246. The van der Waals surface area contributed by atoms with Crippen LogP contribution in [0.5, 0.6) is 17.2 Å². The number of anilines is 1.